The topological polar surface area (TPSA) is 119 Å². The van der Waals surface area contributed by atoms with Crippen molar-refractivity contribution in [2.24, 2.45) is 11.8 Å². The van der Waals surface area contributed by atoms with Gasteiger partial charge in [0.15, 0.2) is 0 Å². The van der Waals surface area contributed by atoms with Gasteiger partial charge in [-0.3, -0.25) is 15.5 Å². The number of anilines is 2. The second kappa shape index (κ2) is 4.50. The lowest BCUT2D eigenvalue weighted by molar-refractivity contribution is -0.385. The lowest BCUT2D eigenvalue weighted by Crippen LogP contribution is -2.15. The van der Waals surface area contributed by atoms with E-state index in [1.807, 2.05) is 0 Å². The Morgan fingerprint density at radius 3 is 2.76 bits per heavy atom. The molecule has 0 unspecified atom stereocenters. The van der Waals surface area contributed by atoms with Gasteiger partial charge in [-0.05, 0) is 25.7 Å². The lowest BCUT2D eigenvalue weighted by Gasteiger charge is -2.08. The highest BCUT2D eigenvalue weighted by Gasteiger charge is 2.25. The Morgan fingerprint density at radius 2 is 2.24 bits per heavy atom. The first-order chi connectivity index (χ1) is 8.11. The largest absolute Gasteiger partial charge is 0.364 e. The van der Waals surface area contributed by atoms with Gasteiger partial charge < -0.3 is 5.32 Å². The van der Waals surface area contributed by atoms with E-state index >= 15 is 0 Å². The molecule has 0 amide bonds. The molecule has 0 aromatic carbocycles. The molecule has 1 saturated carbocycles. The molecule has 8 heteroatoms. The van der Waals surface area contributed by atoms with Gasteiger partial charge >= 0.3 is 5.69 Å². The van der Waals surface area contributed by atoms with Crippen LogP contribution in [0.25, 0.3) is 0 Å². The van der Waals surface area contributed by atoms with E-state index in [0.717, 1.165) is 12.8 Å². The normalized spacial score (nSPS) is 14.5. The van der Waals surface area contributed by atoms with Crippen molar-refractivity contribution in [3.05, 3.63) is 15.8 Å². The minimum Gasteiger partial charge on any atom is -0.364 e. The number of nitro groups is 1. The Bertz CT molecular complexity index is 445. The van der Waals surface area contributed by atoms with Crippen LogP contribution in [-0.2, 0) is 0 Å². The first-order valence-electron chi connectivity index (χ1n) is 5.35. The molecule has 2 rings (SSSR count). The van der Waals surface area contributed by atoms with Crippen molar-refractivity contribution in [1.29, 1.82) is 0 Å². The maximum atomic E-state index is 10.9. The Hall–Kier alpha value is -1.96. The summed E-state index contributed by atoms with van der Waals surface area (Å²) in [6, 6.07) is 0. The molecule has 0 bridgehead atoms. The number of nitrogens with one attached hydrogen (secondary N) is 2. The van der Waals surface area contributed by atoms with Crippen LogP contribution in [0, 0.1) is 23.0 Å². The maximum Gasteiger partial charge on any atom is 0.332 e. The molecule has 4 N–H and O–H groups in total. The average molecular weight is 238 g/mol. The van der Waals surface area contributed by atoms with Crippen molar-refractivity contribution in [3.63, 3.8) is 0 Å². The van der Waals surface area contributed by atoms with Gasteiger partial charge in [0, 0.05) is 6.54 Å². The fraction of sp³-hybridized carbons (Fsp3) is 0.556. The summed E-state index contributed by atoms with van der Waals surface area (Å²) in [7, 11) is 0. The quantitative estimate of drug-likeness (QED) is 0.394. The van der Waals surface area contributed by atoms with Gasteiger partial charge in [-0.1, -0.05) is 0 Å². The molecule has 1 heterocycles. The molecular formula is C9H14N6O2. The molecule has 8 nitrogen and oxygen atoms in total. The number of nitrogens with two attached hydrogens (primary N) is 1. The maximum absolute atomic E-state index is 10.9. The van der Waals surface area contributed by atoms with Crippen LogP contribution in [0.5, 0.6) is 0 Å². The standard InChI is InChI=1S/C9H14N6O2/c1-5-7(15(16)17)8(11-4-6-2-3-6)13-9(12-5)14-10/h6H,2-4,10H2,1H3,(H2,11,12,13,14). The van der Waals surface area contributed by atoms with Gasteiger partial charge in [-0.2, -0.15) is 4.98 Å². The third kappa shape index (κ3) is 2.59. The van der Waals surface area contributed by atoms with Crippen LogP contribution in [0.4, 0.5) is 17.5 Å². The summed E-state index contributed by atoms with van der Waals surface area (Å²) in [5.41, 5.74) is 2.49. The van der Waals surface area contributed by atoms with Crippen molar-refractivity contribution < 1.29 is 4.92 Å². The van der Waals surface area contributed by atoms with Crippen molar-refractivity contribution in [2.45, 2.75) is 19.8 Å². The van der Waals surface area contributed by atoms with E-state index in [1.54, 1.807) is 6.92 Å². The molecule has 0 spiro atoms. The number of aryl methyl sites for hydroxylation is 1. The molecule has 1 aliphatic carbocycles. The second-order valence-corrected chi connectivity index (χ2v) is 4.06. The van der Waals surface area contributed by atoms with Gasteiger partial charge in [0.25, 0.3) is 0 Å². The highest BCUT2D eigenvalue weighted by atomic mass is 16.6. The molecule has 1 aromatic heterocycles. The number of hydrazine groups is 1. The Balaban J connectivity index is 2.29. The fourth-order valence-electron chi connectivity index (χ4n) is 1.54. The fourth-order valence-corrected chi connectivity index (χ4v) is 1.54. The Morgan fingerprint density at radius 1 is 1.53 bits per heavy atom. The Kier molecular flexibility index (Phi) is 3.05. The zero-order valence-corrected chi connectivity index (χ0v) is 9.43. The molecule has 17 heavy (non-hydrogen) atoms. The number of hydrogen-bond acceptors (Lipinski definition) is 7. The summed E-state index contributed by atoms with van der Waals surface area (Å²) >= 11 is 0. The van der Waals surface area contributed by atoms with E-state index in [-0.39, 0.29) is 23.1 Å². The highest BCUT2D eigenvalue weighted by Crippen LogP contribution is 2.31. The molecule has 0 radical (unpaired) electrons. The third-order valence-corrected chi connectivity index (χ3v) is 2.63. The number of nitrogen functional groups attached to an aromatic ring is 1. The van der Waals surface area contributed by atoms with Crippen molar-refractivity contribution >= 4 is 17.5 Å². The number of hydrogen-bond donors (Lipinski definition) is 3. The molecule has 92 valence electrons. The van der Waals surface area contributed by atoms with E-state index in [9.17, 15) is 10.1 Å². The van der Waals surface area contributed by atoms with E-state index in [4.69, 9.17) is 5.84 Å². The number of nitrogens with zero attached hydrogens (tertiary/aromatic N) is 3. The van der Waals surface area contributed by atoms with Crippen LogP contribution < -0.4 is 16.6 Å². The monoisotopic (exact) mass is 238 g/mol. The number of aromatic nitrogens is 2. The highest BCUT2D eigenvalue weighted by molar-refractivity contribution is 5.60. The molecule has 1 aliphatic rings. The van der Waals surface area contributed by atoms with Crippen molar-refractivity contribution in [2.75, 3.05) is 17.3 Å². The predicted molar refractivity (Wildman–Crippen MR) is 62.4 cm³/mol. The minimum atomic E-state index is -0.481. The van der Waals surface area contributed by atoms with E-state index in [2.05, 4.69) is 20.7 Å². The van der Waals surface area contributed by atoms with Gasteiger partial charge in [0.2, 0.25) is 11.8 Å². The van der Waals surface area contributed by atoms with Gasteiger partial charge in [-0.15, -0.1) is 0 Å². The molecule has 0 saturated heterocycles. The van der Waals surface area contributed by atoms with Crippen LogP contribution >= 0.6 is 0 Å². The predicted octanol–water partition coefficient (Wildman–Crippen LogP) is 0.801. The molecule has 1 fully saturated rings. The smallest absolute Gasteiger partial charge is 0.332 e. The van der Waals surface area contributed by atoms with Crippen LogP contribution in [0.3, 0.4) is 0 Å². The van der Waals surface area contributed by atoms with Crippen LogP contribution in [-0.4, -0.2) is 21.4 Å². The van der Waals surface area contributed by atoms with Crippen molar-refractivity contribution in [3.8, 4) is 0 Å². The summed E-state index contributed by atoms with van der Waals surface area (Å²) in [5, 5.41) is 13.9. The summed E-state index contributed by atoms with van der Waals surface area (Å²) in [5.74, 6) is 6.20. The molecule has 0 atom stereocenters. The van der Waals surface area contributed by atoms with Crippen LogP contribution in [0.1, 0.15) is 18.5 Å². The molecule has 1 aromatic rings. The summed E-state index contributed by atoms with van der Waals surface area (Å²) in [6.45, 7) is 2.25. The first kappa shape index (κ1) is 11.5. The first-order valence-corrected chi connectivity index (χ1v) is 5.35. The summed E-state index contributed by atoms with van der Waals surface area (Å²) in [4.78, 5) is 18.3. The molecule has 0 aliphatic heterocycles. The van der Waals surface area contributed by atoms with Crippen LogP contribution in [0.2, 0.25) is 0 Å². The average Bonchev–Trinajstić information content (AvgIpc) is 3.08. The summed E-state index contributed by atoms with van der Waals surface area (Å²) < 4.78 is 0. The minimum absolute atomic E-state index is 0.0929. The second-order valence-electron chi connectivity index (χ2n) is 4.06. The summed E-state index contributed by atoms with van der Waals surface area (Å²) in [6.07, 6.45) is 2.32. The van der Waals surface area contributed by atoms with Gasteiger partial charge in [-0.25, -0.2) is 10.8 Å². The van der Waals surface area contributed by atoms with E-state index in [1.165, 1.54) is 0 Å². The van der Waals surface area contributed by atoms with Crippen molar-refractivity contribution in [1.82, 2.24) is 9.97 Å². The zero-order valence-electron chi connectivity index (χ0n) is 9.43. The van der Waals surface area contributed by atoms with Crippen LogP contribution in [0.15, 0.2) is 0 Å². The van der Waals surface area contributed by atoms with E-state index in [0.29, 0.717) is 12.5 Å². The van der Waals surface area contributed by atoms with Gasteiger partial charge in [0.1, 0.15) is 5.69 Å². The zero-order chi connectivity index (χ0) is 12.4. The van der Waals surface area contributed by atoms with E-state index < -0.39 is 4.92 Å². The molecular weight excluding hydrogens is 224 g/mol. The van der Waals surface area contributed by atoms with Gasteiger partial charge in [0.05, 0.1) is 4.92 Å². The third-order valence-electron chi connectivity index (χ3n) is 2.63. The lowest BCUT2D eigenvalue weighted by atomic mass is 10.3. The Labute approximate surface area is 97.8 Å². The SMILES string of the molecule is Cc1nc(NN)nc(NCC2CC2)c1[N+](=O)[O-]. The number of rotatable bonds is 5.